The van der Waals surface area contributed by atoms with E-state index in [1.165, 1.54) is 0 Å². The van der Waals surface area contributed by atoms with Crippen LogP contribution in [0.15, 0.2) is 12.1 Å². The van der Waals surface area contributed by atoms with E-state index in [2.05, 4.69) is 25.8 Å². The van der Waals surface area contributed by atoms with Crippen LogP contribution in [0.5, 0.6) is 5.75 Å². The lowest BCUT2D eigenvalue weighted by molar-refractivity contribution is 0.372. The van der Waals surface area contributed by atoms with Gasteiger partial charge >= 0.3 is 0 Å². The van der Waals surface area contributed by atoms with E-state index in [1.54, 1.807) is 7.11 Å². The Morgan fingerprint density at radius 2 is 1.93 bits per heavy atom. The first-order valence-electron chi connectivity index (χ1n) is 4.93. The number of hydrogen-bond acceptors (Lipinski definition) is 2. The predicted molar refractivity (Wildman–Crippen MR) is 58.7 cm³/mol. The fraction of sp³-hybridized carbons (Fsp3) is 0.583. The van der Waals surface area contributed by atoms with Gasteiger partial charge in [0.2, 0.25) is 0 Å². The van der Waals surface area contributed by atoms with Gasteiger partial charge in [0.05, 0.1) is 12.8 Å². The normalized spacial score (nSPS) is 11.5. The molecular formula is C12H19NO. The molecule has 14 heavy (non-hydrogen) atoms. The molecule has 1 aromatic heterocycles. The highest BCUT2D eigenvalue weighted by Gasteiger charge is 2.15. The summed E-state index contributed by atoms with van der Waals surface area (Å²) in [6.45, 7) is 8.62. The van der Waals surface area contributed by atoms with Crippen LogP contribution in [-0.4, -0.2) is 12.1 Å². The smallest absolute Gasteiger partial charge is 0.140 e. The Kier molecular flexibility index (Phi) is 3.14. The van der Waals surface area contributed by atoms with Crippen molar-refractivity contribution in [2.75, 3.05) is 7.11 Å². The van der Waals surface area contributed by atoms with Crippen LogP contribution < -0.4 is 4.74 Å². The van der Waals surface area contributed by atoms with E-state index in [-0.39, 0.29) is 5.41 Å². The van der Waals surface area contributed by atoms with Gasteiger partial charge in [-0.1, -0.05) is 20.8 Å². The third-order valence-electron chi connectivity index (χ3n) is 1.99. The third kappa shape index (κ3) is 3.02. The predicted octanol–water partition coefficient (Wildman–Crippen LogP) is 2.99. The molecule has 1 rings (SSSR count). The molecule has 1 aromatic rings. The molecule has 0 amide bonds. The quantitative estimate of drug-likeness (QED) is 0.720. The summed E-state index contributed by atoms with van der Waals surface area (Å²) in [4.78, 5) is 4.50. The maximum Gasteiger partial charge on any atom is 0.140 e. The number of nitrogens with zero attached hydrogens (tertiary/aromatic N) is 1. The average molecular weight is 193 g/mol. The molecular weight excluding hydrogens is 174 g/mol. The molecule has 0 fully saturated rings. The molecule has 1 heterocycles. The molecule has 0 saturated carbocycles. The second-order valence-electron chi connectivity index (χ2n) is 4.84. The Morgan fingerprint density at radius 3 is 2.43 bits per heavy atom. The van der Waals surface area contributed by atoms with E-state index >= 15 is 0 Å². The first kappa shape index (κ1) is 11.0. The van der Waals surface area contributed by atoms with Crippen LogP contribution in [0.3, 0.4) is 0 Å². The molecule has 0 unspecified atom stereocenters. The standard InChI is InChI=1S/C12H19NO/c1-9-6-7-11(14-5)10(13-9)8-12(2,3)4/h6-7H,8H2,1-5H3. The molecule has 78 valence electrons. The first-order valence-corrected chi connectivity index (χ1v) is 4.93. The Balaban J connectivity index is 2.99. The minimum Gasteiger partial charge on any atom is -0.495 e. The van der Waals surface area contributed by atoms with Gasteiger partial charge in [-0.25, -0.2) is 0 Å². The lowest BCUT2D eigenvalue weighted by atomic mass is 9.90. The Hall–Kier alpha value is -1.05. The number of aromatic nitrogens is 1. The summed E-state index contributed by atoms with van der Waals surface area (Å²) in [6, 6.07) is 3.97. The van der Waals surface area contributed by atoms with Crippen molar-refractivity contribution in [2.24, 2.45) is 5.41 Å². The van der Waals surface area contributed by atoms with Crippen LogP contribution in [0.25, 0.3) is 0 Å². The summed E-state index contributed by atoms with van der Waals surface area (Å²) in [7, 11) is 1.69. The highest BCUT2D eigenvalue weighted by Crippen LogP contribution is 2.25. The fourth-order valence-corrected chi connectivity index (χ4v) is 1.41. The second kappa shape index (κ2) is 3.99. The monoisotopic (exact) mass is 193 g/mol. The van der Waals surface area contributed by atoms with Gasteiger partial charge in [0.15, 0.2) is 0 Å². The third-order valence-corrected chi connectivity index (χ3v) is 1.99. The molecule has 2 heteroatoms. The molecule has 0 radical (unpaired) electrons. The van der Waals surface area contributed by atoms with Crippen molar-refractivity contribution in [3.63, 3.8) is 0 Å². The van der Waals surface area contributed by atoms with Crippen molar-refractivity contribution >= 4 is 0 Å². The average Bonchev–Trinajstić information content (AvgIpc) is 2.01. The van der Waals surface area contributed by atoms with Crippen LogP contribution in [0.2, 0.25) is 0 Å². The van der Waals surface area contributed by atoms with Gasteiger partial charge in [0, 0.05) is 5.69 Å². The maximum absolute atomic E-state index is 5.28. The van der Waals surface area contributed by atoms with Crippen LogP contribution >= 0.6 is 0 Å². The molecule has 0 bridgehead atoms. The summed E-state index contributed by atoms with van der Waals surface area (Å²) < 4.78 is 5.28. The molecule has 0 aliphatic rings. The van der Waals surface area contributed by atoms with Gasteiger partial charge in [-0.15, -0.1) is 0 Å². The molecule has 0 aromatic carbocycles. The Labute approximate surface area is 86.3 Å². The van der Waals surface area contributed by atoms with E-state index in [0.717, 1.165) is 23.6 Å². The molecule has 0 spiro atoms. The molecule has 0 aliphatic heterocycles. The van der Waals surface area contributed by atoms with Gasteiger partial charge < -0.3 is 4.74 Å². The van der Waals surface area contributed by atoms with Crippen LogP contribution in [0.1, 0.15) is 32.2 Å². The minimum atomic E-state index is 0.244. The molecule has 0 saturated heterocycles. The highest BCUT2D eigenvalue weighted by molar-refractivity contribution is 5.29. The van der Waals surface area contributed by atoms with Crippen molar-refractivity contribution in [1.29, 1.82) is 0 Å². The van der Waals surface area contributed by atoms with Gasteiger partial charge in [-0.2, -0.15) is 0 Å². The lowest BCUT2D eigenvalue weighted by Crippen LogP contribution is -2.12. The minimum absolute atomic E-state index is 0.244. The van der Waals surface area contributed by atoms with Gasteiger partial charge in [-0.05, 0) is 30.9 Å². The van der Waals surface area contributed by atoms with Crippen molar-refractivity contribution in [3.05, 3.63) is 23.5 Å². The Bertz CT molecular complexity index is 313. The molecule has 0 aliphatic carbocycles. The van der Waals surface area contributed by atoms with Crippen molar-refractivity contribution in [2.45, 2.75) is 34.1 Å². The number of aryl methyl sites for hydroxylation is 1. The molecule has 0 N–H and O–H groups in total. The number of pyridine rings is 1. The van der Waals surface area contributed by atoms with Crippen LogP contribution in [0.4, 0.5) is 0 Å². The highest BCUT2D eigenvalue weighted by atomic mass is 16.5. The fourth-order valence-electron chi connectivity index (χ4n) is 1.41. The van der Waals surface area contributed by atoms with Crippen molar-refractivity contribution in [1.82, 2.24) is 4.98 Å². The summed E-state index contributed by atoms with van der Waals surface area (Å²) >= 11 is 0. The number of methoxy groups -OCH3 is 1. The first-order chi connectivity index (χ1) is 6.42. The summed E-state index contributed by atoms with van der Waals surface area (Å²) in [5.74, 6) is 0.894. The zero-order chi connectivity index (χ0) is 10.8. The second-order valence-corrected chi connectivity index (χ2v) is 4.84. The largest absolute Gasteiger partial charge is 0.495 e. The summed E-state index contributed by atoms with van der Waals surface area (Å²) in [5, 5.41) is 0. The van der Waals surface area contributed by atoms with E-state index in [4.69, 9.17) is 4.74 Å². The van der Waals surface area contributed by atoms with Crippen LogP contribution in [0, 0.1) is 12.3 Å². The van der Waals surface area contributed by atoms with E-state index in [0.29, 0.717) is 0 Å². The molecule has 0 atom stereocenters. The zero-order valence-corrected chi connectivity index (χ0v) is 9.72. The van der Waals surface area contributed by atoms with Gasteiger partial charge in [0.25, 0.3) is 0 Å². The van der Waals surface area contributed by atoms with Crippen molar-refractivity contribution in [3.8, 4) is 5.75 Å². The maximum atomic E-state index is 5.28. The number of rotatable bonds is 2. The van der Waals surface area contributed by atoms with Gasteiger partial charge in [0.1, 0.15) is 5.75 Å². The number of ether oxygens (including phenoxy) is 1. The SMILES string of the molecule is COc1ccc(C)nc1CC(C)(C)C. The summed E-state index contributed by atoms with van der Waals surface area (Å²) in [6.07, 6.45) is 0.942. The lowest BCUT2D eigenvalue weighted by Gasteiger charge is -2.19. The molecule has 2 nitrogen and oxygen atoms in total. The topological polar surface area (TPSA) is 22.1 Å². The zero-order valence-electron chi connectivity index (χ0n) is 9.72. The Morgan fingerprint density at radius 1 is 1.29 bits per heavy atom. The van der Waals surface area contributed by atoms with E-state index < -0.39 is 0 Å². The number of hydrogen-bond donors (Lipinski definition) is 0. The van der Waals surface area contributed by atoms with E-state index in [1.807, 2.05) is 19.1 Å². The van der Waals surface area contributed by atoms with Gasteiger partial charge in [-0.3, -0.25) is 4.98 Å². The van der Waals surface area contributed by atoms with Crippen LogP contribution in [-0.2, 0) is 6.42 Å². The van der Waals surface area contributed by atoms with Crippen molar-refractivity contribution < 1.29 is 4.74 Å². The van der Waals surface area contributed by atoms with E-state index in [9.17, 15) is 0 Å². The summed E-state index contributed by atoms with van der Waals surface area (Å²) in [5.41, 5.74) is 2.35.